The summed E-state index contributed by atoms with van der Waals surface area (Å²) in [4.78, 5) is 12.7. The van der Waals surface area contributed by atoms with Crippen molar-refractivity contribution >= 4 is 21.8 Å². The van der Waals surface area contributed by atoms with E-state index in [1.807, 2.05) is 0 Å². The van der Waals surface area contributed by atoms with E-state index in [-0.39, 0.29) is 24.3 Å². The molecule has 1 N–H and O–H groups in total. The molecule has 1 heterocycles. The van der Waals surface area contributed by atoms with Gasteiger partial charge in [0.2, 0.25) is 0 Å². The van der Waals surface area contributed by atoms with Crippen molar-refractivity contribution in [3.8, 4) is 0 Å². The first-order valence-electron chi connectivity index (χ1n) is 5.98. The third kappa shape index (κ3) is 3.50. The number of amides is 1. The molecule has 0 saturated carbocycles. The van der Waals surface area contributed by atoms with E-state index in [4.69, 9.17) is 0 Å². The van der Waals surface area contributed by atoms with Gasteiger partial charge >= 0.3 is 21.6 Å². The molecule has 120 valence electrons. The first-order chi connectivity index (χ1) is 10.2. The number of hydrogen-bond donors (Lipinski definition) is 1. The van der Waals surface area contributed by atoms with Gasteiger partial charge < -0.3 is 4.74 Å². The third-order valence-electron chi connectivity index (χ3n) is 2.78. The lowest BCUT2D eigenvalue weighted by Gasteiger charge is -2.23. The lowest BCUT2D eigenvalue weighted by Crippen LogP contribution is -2.34. The summed E-state index contributed by atoms with van der Waals surface area (Å²) < 4.78 is 65.8. The van der Waals surface area contributed by atoms with Crippen molar-refractivity contribution in [2.24, 2.45) is 0 Å². The van der Waals surface area contributed by atoms with E-state index < -0.39 is 21.6 Å². The molecular formula is C12H11F3N2O4S. The lowest BCUT2D eigenvalue weighted by molar-refractivity contribution is -0.0429. The predicted octanol–water partition coefficient (Wildman–Crippen LogP) is 2.41. The Morgan fingerprint density at radius 3 is 2.59 bits per heavy atom. The van der Waals surface area contributed by atoms with Crippen LogP contribution in [-0.2, 0) is 21.3 Å². The average molecular weight is 336 g/mol. The van der Waals surface area contributed by atoms with Gasteiger partial charge in [0.1, 0.15) is 0 Å². The second-order valence-electron chi connectivity index (χ2n) is 4.34. The maximum Gasteiger partial charge on any atom is 0.516 e. The summed E-state index contributed by atoms with van der Waals surface area (Å²) in [5.74, 6) is 0. The fraction of sp³-hybridized carbons (Fsp3) is 0.250. The van der Waals surface area contributed by atoms with Crippen molar-refractivity contribution in [3.05, 3.63) is 42.2 Å². The number of benzene rings is 1. The van der Waals surface area contributed by atoms with Crippen LogP contribution in [0.3, 0.4) is 0 Å². The monoisotopic (exact) mass is 336 g/mol. The van der Waals surface area contributed by atoms with Crippen molar-refractivity contribution < 1.29 is 31.1 Å². The molecule has 0 aromatic heterocycles. The molecule has 2 rings (SSSR count). The number of halogens is 3. The zero-order valence-electron chi connectivity index (χ0n) is 11.0. The van der Waals surface area contributed by atoms with Gasteiger partial charge in [-0.25, -0.2) is 4.79 Å². The largest absolute Gasteiger partial charge is 0.516 e. The minimum absolute atomic E-state index is 0.0975. The number of nitrogens with one attached hydrogen (secondary N) is 1. The van der Waals surface area contributed by atoms with Gasteiger partial charge in [0.05, 0.1) is 18.5 Å². The topological polar surface area (TPSA) is 75.7 Å². The average Bonchev–Trinajstić information content (AvgIpc) is 2.42. The van der Waals surface area contributed by atoms with Crippen LogP contribution in [-0.4, -0.2) is 31.5 Å². The number of anilines is 1. The molecule has 0 fully saturated rings. The molecule has 0 atom stereocenters. The summed E-state index contributed by atoms with van der Waals surface area (Å²) in [6.45, 7) is 0.110. The molecule has 1 aromatic rings. The highest BCUT2D eigenvalue weighted by molar-refractivity contribution is 7.93. The number of nitrogens with zero attached hydrogens (tertiary/aromatic N) is 1. The summed E-state index contributed by atoms with van der Waals surface area (Å²) in [6.07, 6.45) is 2.08. The quantitative estimate of drug-likeness (QED) is 0.916. The predicted molar refractivity (Wildman–Crippen MR) is 71.1 cm³/mol. The van der Waals surface area contributed by atoms with Crippen molar-refractivity contribution in [3.63, 3.8) is 0 Å². The van der Waals surface area contributed by atoms with Crippen LogP contribution >= 0.6 is 0 Å². The Hall–Kier alpha value is -2.23. The highest BCUT2D eigenvalue weighted by Crippen LogP contribution is 2.27. The molecule has 0 radical (unpaired) electrons. The highest BCUT2D eigenvalue weighted by atomic mass is 32.2. The fourth-order valence-corrected chi connectivity index (χ4v) is 2.33. The molecule has 0 aliphatic carbocycles. The van der Waals surface area contributed by atoms with Crippen molar-refractivity contribution in [1.29, 1.82) is 0 Å². The summed E-state index contributed by atoms with van der Waals surface area (Å²) in [5.41, 5.74) is -5.46. The van der Waals surface area contributed by atoms with E-state index in [1.165, 1.54) is 40.1 Å². The summed E-state index contributed by atoms with van der Waals surface area (Å²) >= 11 is 0. The number of carbonyl (C=O) groups excluding carboxylic acids is 1. The molecule has 0 spiro atoms. The fourth-order valence-electron chi connectivity index (χ4n) is 1.72. The smallest absolute Gasteiger partial charge is 0.418 e. The summed E-state index contributed by atoms with van der Waals surface area (Å²) in [6, 6.07) is 5.50. The Morgan fingerprint density at radius 1 is 1.27 bits per heavy atom. The highest BCUT2D eigenvalue weighted by Gasteiger charge is 2.46. The van der Waals surface area contributed by atoms with Crippen LogP contribution in [0.5, 0.6) is 0 Å². The van der Waals surface area contributed by atoms with Crippen molar-refractivity contribution in [1.82, 2.24) is 4.90 Å². The van der Waals surface area contributed by atoms with Gasteiger partial charge in [-0.1, -0.05) is 18.2 Å². The zero-order valence-corrected chi connectivity index (χ0v) is 11.8. The molecule has 1 amide bonds. The number of carbonyl (C=O) groups is 1. The standard InChI is InChI=1S/C12H11F3N2O4S/c13-12(14,15)22(19,20)16-10-5-2-1-4-9(10)8-17-6-3-7-21-11(17)18/h1-5,7,16H,6,8H2. The third-order valence-corrected chi connectivity index (χ3v) is 3.87. The molecule has 0 bridgehead atoms. The Bertz CT molecular complexity index is 701. The number of sulfonamides is 1. The van der Waals surface area contributed by atoms with E-state index in [9.17, 15) is 26.4 Å². The molecule has 1 aromatic carbocycles. The van der Waals surface area contributed by atoms with Crippen LogP contribution in [0.1, 0.15) is 5.56 Å². The van der Waals surface area contributed by atoms with Gasteiger partial charge in [-0.3, -0.25) is 9.62 Å². The SMILES string of the molecule is O=C1OC=CCN1Cc1ccccc1NS(=O)(=O)C(F)(F)F. The van der Waals surface area contributed by atoms with E-state index >= 15 is 0 Å². The second-order valence-corrected chi connectivity index (χ2v) is 6.02. The van der Waals surface area contributed by atoms with E-state index in [0.717, 1.165) is 0 Å². The first kappa shape index (κ1) is 16.1. The van der Waals surface area contributed by atoms with E-state index in [0.29, 0.717) is 0 Å². The first-order valence-corrected chi connectivity index (χ1v) is 7.46. The molecular weight excluding hydrogens is 325 g/mol. The molecule has 6 nitrogen and oxygen atoms in total. The molecule has 1 aliphatic heterocycles. The van der Waals surface area contributed by atoms with Gasteiger partial charge in [0, 0.05) is 6.54 Å². The second kappa shape index (κ2) is 5.87. The summed E-state index contributed by atoms with van der Waals surface area (Å²) in [5, 5.41) is 0. The maximum absolute atomic E-state index is 12.4. The van der Waals surface area contributed by atoms with Crippen LogP contribution < -0.4 is 4.72 Å². The van der Waals surface area contributed by atoms with Gasteiger partial charge in [0.15, 0.2) is 0 Å². The normalized spacial score (nSPS) is 15.6. The number of ether oxygens (including phenoxy) is 1. The van der Waals surface area contributed by atoms with E-state index in [1.54, 1.807) is 6.08 Å². The summed E-state index contributed by atoms with van der Waals surface area (Å²) in [7, 11) is -5.53. The Kier molecular flexibility index (Phi) is 4.31. The van der Waals surface area contributed by atoms with Crippen molar-refractivity contribution in [2.45, 2.75) is 12.1 Å². The number of rotatable bonds is 4. The van der Waals surface area contributed by atoms with Crippen LogP contribution in [0.4, 0.5) is 23.7 Å². The Balaban J connectivity index is 2.24. The molecule has 22 heavy (non-hydrogen) atoms. The molecule has 1 aliphatic rings. The van der Waals surface area contributed by atoms with E-state index in [2.05, 4.69) is 4.74 Å². The van der Waals surface area contributed by atoms with Gasteiger partial charge in [0.25, 0.3) is 0 Å². The van der Waals surface area contributed by atoms with Crippen molar-refractivity contribution in [2.75, 3.05) is 11.3 Å². The minimum Gasteiger partial charge on any atom is -0.418 e. The van der Waals surface area contributed by atoms with Crippen LogP contribution in [0.2, 0.25) is 0 Å². The minimum atomic E-state index is -5.53. The number of alkyl halides is 3. The number of para-hydroxylation sites is 1. The van der Waals surface area contributed by atoms with Gasteiger partial charge in [-0.05, 0) is 17.7 Å². The Morgan fingerprint density at radius 2 is 1.95 bits per heavy atom. The molecule has 0 unspecified atom stereocenters. The number of hydrogen-bond acceptors (Lipinski definition) is 4. The van der Waals surface area contributed by atoms with Gasteiger partial charge in [-0.15, -0.1) is 0 Å². The van der Waals surface area contributed by atoms with Crippen LogP contribution in [0.15, 0.2) is 36.6 Å². The molecule has 0 saturated heterocycles. The maximum atomic E-state index is 12.4. The van der Waals surface area contributed by atoms with Crippen LogP contribution in [0, 0.1) is 0 Å². The molecule has 10 heteroatoms. The Labute approximate surface area is 124 Å². The lowest BCUT2D eigenvalue weighted by atomic mass is 10.1. The zero-order chi connectivity index (χ0) is 16.4. The van der Waals surface area contributed by atoms with Crippen LogP contribution in [0.25, 0.3) is 0 Å². The van der Waals surface area contributed by atoms with Gasteiger partial charge in [-0.2, -0.15) is 21.6 Å². The number of cyclic esters (lactones) is 1.